The molecule has 3 rings (SSSR count). The monoisotopic (exact) mass is 231 g/mol. The highest BCUT2D eigenvalue weighted by molar-refractivity contribution is 5.47. The van der Waals surface area contributed by atoms with E-state index >= 15 is 0 Å². The molecular formula is C14H21N3. The number of rotatable bonds is 1. The summed E-state index contributed by atoms with van der Waals surface area (Å²) in [6.07, 6.45) is 2.27. The average molecular weight is 231 g/mol. The fraction of sp³-hybridized carbons (Fsp3) is 0.571. The van der Waals surface area contributed by atoms with Crippen molar-refractivity contribution in [1.29, 1.82) is 0 Å². The van der Waals surface area contributed by atoms with Crippen molar-refractivity contribution in [3.8, 4) is 0 Å². The SMILES string of the molecule is CN1C2CC(N)CC1CN(c1ccccc1)C2. The molecule has 92 valence electrons. The summed E-state index contributed by atoms with van der Waals surface area (Å²) in [6.45, 7) is 2.23. The van der Waals surface area contributed by atoms with Crippen molar-refractivity contribution >= 4 is 5.69 Å². The molecule has 2 saturated heterocycles. The normalized spacial score (nSPS) is 33.8. The highest BCUT2D eigenvalue weighted by Gasteiger charge is 2.37. The lowest BCUT2D eigenvalue weighted by Gasteiger charge is -2.50. The molecule has 3 nitrogen and oxygen atoms in total. The summed E-state index contributed by atoms with van der Waals surface area (Å²) in [4.78, 5) is 5.05. The number of piperazine rings is 1. The first-order valence-corrected chi connectivity index (χ1v) is 6.51. The minimum Gasteiger partial charge on any atom is -0.368 e. The number of nitrogens with zero attached hydrogens (tertiary/aromatic N) is 2. The molecule has 2 atom stereocenters. The molecule has 2 aliphatic heterocycles. The van der Waals surface area contributed by atoms with Gasteiger partial charge in [0, 0.05) is 36.9 Å². The molecule has 2 bridgehead atoms. The predicted molar refractivity (Wildman–Crippen MR) is 71.2 cm³/mol. The van der Waals surface area contributed by atoms with E-state index in [1.807, 2.05) is 0 Å². The third-order valence-corrected chi connectivity index (χ3v) is 4.29. The van der Waals surface area contributed by atoms with Gasteiger partial charge >= 0.3 is 0 Å². The van der Waals surface area contributed by atoms with E-state index in [9.17, 15) is 0 Å². The van der Waals surface area contributed by atoms with Gasteiger partial charge in [0.1, 0.15) is 0 Å². The first-order chi connectivity index (χ1) is 8.24. The van der Waals surface area contributed by atoms with E-state index in [0.717, 1.165) is 25.9 Å². The van der Waals surface area contributed by atoms with Crippen molar-refractivity contribution in [1.82, 2.24) is 4.90 Å². The van der Waals surface area contributed by atoms with E-state index in [2.05, 4.69) is 47.2 Å². The molecule has 2 aliphatic rings. The highest BCUT2D eigenvalue weighted by Crippen LogP contribution is 2.29. The topological polar surface area (TPSA) is 32.5 Å². The van der Waals surface area contributed by atoms with Gasteiger partial charge in [-0.25, -0.2) is 0 Å². The maximum absolute atomic E-state index is 6.13. The van der Waals surface area contributed by atoms with Gasteiger partial charge in [-0.2, -0.15) is 0 Å². The van der Waals surface area contributed by atoms with E-state index < -0.39 is 0 Å². The zero-order valence-electron chi connectivity index (χ0n) is 10.4. The Morgan fingerprint density at radius 1 is 1.06 bits per heavy atom. The van der Waals surface area contributed by atoms with Crippen LogP contribution in [0.25, 0.3) is 0 Å². The molecule has 2 unspecified atom stereocenters. The highest BCUT2D eigenvalue weighted by atomic mass is 15.3. The maximum Gasteiger partial charge on any atom is 0.0367 e. The number of piperidine rings is 1. The van der Waals surface area contributed by atoms with Crippen LogP contribution >= 0.6 is 0 Å². The van der Waals surface area contributed by atoms with Crippen LogP contribution in [0.3, 0.4) is 0 Å². The van der Waals surface area contributed by atoms with Crippen molar-refractivity contribution in [3.63, 3.8) is 0 Å². The third-order valence-electron chi connectivity index (χ3n) is 4.29. The predicted octanol–water partition coefficient (Wildman–Crippen LogP) is 1.30. The van der Waals surface area contributed by atoms with Gasteiger partial charge in [-0.3, -0.25) is 4.90 Å². The zero-order valence-corrected chi connectivity index (χ0v) is 10.4. The fourth-order valence-electron chi connectivity index (χ4n) is 3.27. The third kappa shape index (κ3) is 2.05. The van der Waals surface area contributed by atoms with Crippen molar-refractivity contribution in [3.05, 3.63) is 30.3 Å². The number of anilines is 1. The average Bonchev–Trinajstić information content (AvgIpc) is 2.32. The lowest BCUT2D eigenvalue weighted by molar-refractivity contribution is 0.0836. The number of para-hydroxylation sites is 1. The van der Waals surface area contributed by atoms with Crippen LogP contribution in [0.15, 0.2) is 30.3 Å². The van der Waals surface area contributed by atoms with E-state index in [1.165, 1.54) is 5.69 Å². The Morgan fingerprint density at radius 3 is 2.24 bits per heavy atom. The molecule has 0 saturated carbocycles. The first-order valence-electron chi connectivity index (χ1n) is 6.51. The van der Waals surface area contributed by atoms with Crippen LogP contribution in [-0.2, 0) is 0 Å². The van der Waals surface area contributed by atoms with Crippen LogP contribution in [0.4, 0.5) is 5.69 Å². The van der Waals surface area contributed by atoms with Crippen molar-refractivity contribution in [2.75, 3.05) is 25.0 Å². The number of benzene rings is 1. The number of nitrogens with two attached hydrogens (primary N) is 1. The van der Waals surface area contributed by atoms with Gasteiger partial charge in [0.2, 0.25) is 0 Å². The second kappa shape index (κ2) is 4.31. The Morgan fingerprint density at radius 2 is 1.65 bits per heavy atom. The molecule has 2 heterocycles. The zero-order chi connectivity index (χ0) is 11.8. The summed E-state index contributed by atoms with van der Waals surface area (Å²) in [5.41, 5.74) is 7.48. The first kappa shape index (κ1) is 11.1. The molecule has 0 aromatic heterocycles. The van der Waals surface area contributed by atoms with Gasteiger partial charge in [0.15, 0.2) is 0 Å². The molecule has 2 N–H and O–H groups in total. The Hall–Kier alpha value is -1.06. The van der Waals surface area contributed by atoms with Crippen molar-refractivity contribution < 1.29 is 0 Å². The quantitative estimate of drug-likeness (QED) is 0.790. The Balaban J connectivity index is 1.79. The van der Waals surface area contributed by atoms with Gasteiger partial charge < -0.3 is 10.6 Å². The molecule has 1 aromatic rings. The molecule has 0 radical (unpaired) electrons. The molecule has 0 spiro atoms. The van der Waals surface area contributed by atoms with Crippen LogP contribution in [0.1, 0.15) is 12.8 Å². The minimum atomic E-state index is 0.402. The standard InChI is InChI=1S/C14H21N3/c1-16-13-7-11(15)8-14(16)10-17(9-13)12-5-3-2-4-6-12/h2-6,11,13-14H,7-10,15H2,1H3. The largest absolute Gasteiger partial charge is 0.368 e. The number of fused-ring (bicyclic) bond motifs is 2. The molecular weight excluding hydrogens is 210 g/mol. The van der Waals surface area contributed by atoms with E-state index in [-0.39, 0.29) is 0 Å². The minimum absolute atomic E-state index is 0.402. The lowest BCUT2D eigenvalue weighted by Crippen LogP contribution is -2.63. The maximum atomic E-state index is 6.13. The summed E-state index contributed by atoms with van der Waals surface area (Å²) in [5, 5.41) is 0. The van der Waals surface area contributed by atoms with Crippen LogP contribution < -0.4 is 10.6 Å². The molecule has 17 heavy (non-hydrogen) atoms. The molecule has 3 heteroatoms. The van der Waals surface area contributed by atoms with Crippen LogP contribution in [-0.4, -0.2) is 43.2 Å². The summed E-state index contributed by atoms with van der Waals surface area (Å²) < 4.78 is 0. The second-order valence-electron chi connectivity index (χ2n) is 5.45. The Labute approximate surface area is 103 Å². The number of hydrogen-bond acceptors (Lipinski definition) is 3. The summed E-state index contributed by atoms with van der Waals surface area (Å²) in [7, 11) is 2.25. The Bertz CT molecular complexity index is 362. The van der Waals surface area contributed by atoms with Gasteiger partial charge in [-0.1, -0.05) is 18.2 Å². The van der Waals surface area contributed by atoms with E-state index in [1.54, 1.807) is 0 Å². The Kier molecular flexibility index (Phi) is 2.81. The summed E-state index contributed by atoms with van der Waals surface area (Å²) >= 11 is 0. The van der Waals surface area contributed by atoms with Crippen LogP contribution in [0, 0.1) is 0 Å². The van der Waals surface area contributed by atoms with Gasteiger partial charge in [0.05, 0.1) is 0 Å². The summed E-state index contributed by atoms with van der Waals surface area (Å²) in [5.74, 6) is 0. The van der Waals surface area contributed by atoms with Crippen LogP contribution in [0.5, 0.6) is 0 Å². The number of likely N-dealkylation sites (N-methyl/N-ethyl adjacent to an activating group) is 1. The fourth-order valence-corrected chi connectivity index (χ4v) is 3.27. The van der Waals surface area contributed by atoms with Crippen molar-refractivity contribution in [2.24, 2.45) is 5.73 Å². The van der Waals surface area contributed by atoms with Gasteiger partial charge in [0.25, 0.3) is 0 Å². The van der Waals surface area contributed by atoms with Crippen molar-refractivity contribution in [2.45, 2.75) is 31.0 Å². The van der Waals surface area contributed by atoms with E-state index in [4.69, 9.17) is 5.73 Å². The second-order valence-corrected chi connectivity index (χ2v) is 5.45. The van der Waals surface area contributed by atoms with Gasteiger partial charge in [-0.15, -0.1) is 0 Å². The van der Waals surface area contributed by atoms with E-state index in [0.29, 0.717) is 18.1 Å². The molecule has 2 fully saturated rings. The lowest BCUT2D eigenvalue weighted by atomic mass is 9.88. The summed E-state index contributed by atoms with van der Waals surface area (Å²) in [6, 6.07) is 12.4. The van der Waals surface area contributed by atoms with Crippen LogP contribution in [0.2, 0.25) is 0 Å². The molecule has 1 aromatic carbocycles. The van der Waals surface area contributed by atoms with Gasteiger partial charge in [-0.05, 0) is 32.0 Å². The molecule has 0 aliphatic carbocycles. The number of hydrogen-bond donors (Lipinski definition) is 1. The molecule has 0 amide bonds. The smallest absolute Gasteiger partial charge is 0.0367 e.